The zero-order valence-electron chi connectivity index (χ0n) is 7.06. The molecule has 0 aromatic heterocycles. The van der Waals surface area contributed by atoms with E-state index in [9.17, 15) is 0 Å². The van der Waals surface area contributed by atoms with E-state index in [-0.39, 0.29) is 0 Å². The molecule has 13 heavy (non-hydrogen) atoms. The van der Waals surface area contributed by atoms with Gasteiger partial charge in [-0.25, -0.2) is 0 Å². The fourth-order valence-corrected chi connectivity index (χ4v) is 1.59. The van der Waals surface area contributed by atoms with Crippen LogP contribution in [0.5, 0.6) is 0 Å². The number of fused-ring (bicyclic) bond motifs is 1. The normalized spacial score (nSPS) is 14.5. The Hall–Kier alpha value is -0.936. The van der Waals surface area contributed by atoms with Gasteiger partial charge in [-0.05, 0) is 0 Å². The summed E-state index contributed by atoms with van der Waals surface area (Å²) >= 11 is 4.46. The molecule has 0 aliphatic heterocycles. The first-order valence-electron chi connectivity index (χ1n) is 4.17. The van der Waals surface area contributed by atoms with Crippen molar-refractivity contribution in [3.63, 3.8) is 0 Å². The van der Waals surface area contributed by atoms with Crippen LogP contribution in [0.2, 0.25) is 0 Å². The summed E-state index contributed by atoms with van der Waals surface area (Å²) < 4.78 is 0. The second-order valence-electron chi connectivity index (χ2n) is 2.89. The molecule has 0 unspecified atom stereocenters. The van der Waals surface area contributed by atoms with Gasteiger partial charge in [-0.2, -0.15) is 0 Å². The molecule has 0 N–H and O–H groups in total. The fraction of sp³-hybridized carbons (Fsp3) is 0.0833. The summed E-state index contributed by atoms with van der Waals surface area (Å²) in [7, 11) is 0. The zero-order valence-corrected chi connectivity index (χ0v) is 8.05. The van der Waals surface area contributed by atoms with E-state index in [1.165, 1.54) is 16.7 Å². The molecule has 0 heterocycles. The third-order valence-corrected chi connectivity index (χ3v) is 2.29. The Morgan fingerprint density at radius 3 is 3.00 bits per heavy atom. The van der Waals surface area contributed by atoms with Gasteiger partial charge in [-0.15, -0.1) is 0 Å². The van der Waals surface area contributed by atoms with Gasteiger partial charge in [-0.3, -0.25) is 0 Å². The van der Waals surface area contributed by atoms with Crippen LogP contribution < -0.4 is 0 Å². The third kappa shape index (κ3) is 1.71. The molecule has 0 amide bonds. The molecule has 0 saturated carbocycles. The summed E-state index contributed by atoms with van der Waals surface area (Å²) in [4.78, 5) is 1.66. The SMILES string of the molecule is [Ni]=[CH]/C=C\C1=[C-]Cc2ccccc21. The predicted octanol–water partition coefficient (Wildman–Crippen LogP) is 2.33. The minimum absolute atomic E-state index is 0.927. The third-order valence-electron chi connectivity index (χ3n) is 2.10. The van der Waals surface area contributed by atoms with Crippen LogP contribution in [0.1, 0.15) is 11.1 Å². The van der Waals surface area contributed by atoms with Crippen molar-refractivity contribution in [2.24, 2.45) is 0 Å². The van der Waals surface area contributed by atoms with Gasteiger partial charge in [0.25, 0.3) is 0 Å². The maximum absolute atomic E-state index is 4.46. The van der Waals surface area contributed by atoms with Gasteiger partial charge < -0.3 is 0 Å². The summed E-state index contributed by atoms with van der Waals surface area (Å²) in [5, 5.41) is 0. The molecular weight excluding hydrogens is 203 g/mol. The summed E-state index contributed by atoms with van der Waals surface area (Å²) in [5.74, 6) is 0. The molecule has 1 aliphatic rings. The van der Waals surface area contributed by atoms with Gasteiger partial charge in [0.1, 0.15) is 0 Å². The molecule has 0 atom stereocenters. The van der Waals surface area contributed by atoms with E-state index in [1.807, 2.05) is 12.2 Å². The van der Waals surface area contributed by atoms with Gasteiger partial charge >= 0.3 is 85.6 Å². The van der Waals surface area contributed by atoms with Crippen LogP contribution in [0, 0.1) is 6.08 Å². The van der Waals surface area contributed by atoms with Crippen molar-refractivity contribution in [3.05, 3.63) is 53.6 Å². The number of hydrogen-bond donors (Lipinski definition) is 0. The first kappa shape index (κ1) is 8.65. The Kier molecular flexibility index (Phi) is 2.56. The molecule has 1 aliphatic carbocycles. The first-order valence-corrected chi connectivity index (χ1v) is 4.74. The minimum atomic E-state index is 0.927. The summed E-state index contributed by atoms with van der Waals surface area (Å²) in [5.41, 5.74) is 3.82. The molecule has 1 heteroatoms. The van der Waals surface area contributed by atoms with Crippen molar-refractivity contribution in [2.45, 2.75) is 6.42 Å². The molecule has 0 saturated heterocycles. The van der Waals surface area contributed by atoms with Crippen molar-refractivity contribution in [1.82, 2.24) is 0 Å². The molecule has 68 valence electrons. The summed E-state index contributed by atoms with van der Waals surface area (Å²) in [6.07, 6.45) is 8.17. The van der Waals surface area contributed by atoms with Crippen LogP contribution in [0.15, 0.2) is 36.4 Å². The molecule has 0 radical (unpaired) electrons. The van der Waals surface area contributed by atoms with Crippen molar-refractivity contribution in [3.8, 4) is 0 Å². The van der Waals surface area contributed by atoms with E-state index in [2.05, 4.69) is 45.4 Å². The Bertz CT molecular complexity index is 386. The fourth-order valence-electron chi connectivity index (χ4n) is 1.50. The van der Waals surface area contributed by atoms with Gasteiger partial charge in [0, 0.05) is 0 Å². The number of benzene rings is 1. The van der Waals surface area contributed by atoms with Gasteiger partial charge in [0.05, 0.1) is 0 Å². The second kappa shape index (κ2) is 3.85. The topological polar surface area (TPSA) is 0 Å². The van der Waals surface area contributed by atoms with Crippen LogP contribution in [0.4, 0.5) is 0 Å². The van der Waals surface area contributed by atoms with Crippen molar-refractivity contribution >= 4 is 10.6 Å². The van der Waals surface area contributed by atoms with Gasteiger partial charge in [-0.1, -0.05) is 0 Å². The number of allylic oxidation sites excluding steroid dienone is 4. The standard InChI is InChI=1S/C12H9.Ni/c1-2-5-10-8-9-11-6-3-4-7-12(10)11;/h1-7H,9H2;/q-1;/b5-2-;. The van der Waals surface area contributed by atoms with E-state index >= 15 is 0 Å². The molecule has 2 rings (SSSR count). The number of hydrogen-bond acceptors (Lipinski definition) is 0. The Morgan fingerprint density at radius 2 is 2.15 bits per heavy atom. The van der Waals surface area contributed by atoms with Crippen LogP contribution in [0.25, 0.3) is 5.57 Å². The number of rotatable bonds is 2. The second-order valence-corrected chi connectivity index (χ2v) is 3.22. The Morgan fingerprint density at radius 1 is 1.31 bits per heavy atom. The summed E-state index contributed by atoms with van der Waals surface area (Å²) in [6, 6.07) is 8.39. The average molecular weight is 212 g/mol. The van der Waals surface area contributed by atoms with E-state index in [1.54, 1.807) is 4.99 Å². The van der Waals surface area contributed by atoms with Crippen molar-refractivity contribution < 1.29 is 15.0 Å². The molecule has 0 bridgehead atoms. The van der Waals surface area contributed by atoms with Gasteiger partial charge in [0.15, 0.2) is 0 Å². The molecule has 0 spiro atoms. The Labute approximate surface area is 85.9 Å². The predicted molar refractivity (Wildman–Crippen MR) is 52.0 cm³/mol. The molecular formula is C12H9Ni-. The molecule has 0 fully saturated rings. The van der Waals surface area contributed by atoms with Crippen LogP contribution >= 0.6 is 0 Å². The molecule has 0 nitrogen and oxygen atoms in total. The van der Waals surface area contributed by atoms with Crippen molar-refractivity contribution in [1.29, 1.82) is 0 Å². The van der Waals surface area contributed by atoms with Crippen molar-refractivity contribution in [2.75, 3.05) is 0 Å². The maximum atomic E-state index is 4.46. The zero-order chi connectivity index (χ0) is 9.10. The van der Waals surface area contributed by atoms with E-state index < -0.39 is 0 Å². The quantitative estimate of drug-likeness (QED) is 0.521. The average Bonchev–Trinajstić information content (AvgIpc) is 2.58. The van der Waals surface area contributed by atoms with E-state index in [4.69, 9.17) is 0 Å². The summed E-state index contributed by atoms with van der Waals surface area (Å²) in [6.45, 7) is 0. The molecule has 1 aromatic rings. The first-order chi connectivity index (χ1) is 6.42. The molecule has 1 aromatic carbocycles. The van der Waals surface area contributed by atoms with Crippen LogP contribution in [-0.4, -0.2) is 4.99 Å². The van der Waals surface area contributed by atoms with Crippen LogP contribution in [0.3, 0.4) is 0 Å². The Balaban J connectivity index is 2.35. The van der Waals surface area contributed by atoms with Gasteiger partial charge in [0.2, 0.25) is 0 Å². The monoisotopic (exact) mass is 211 g/mol. The van der Waals surface area contributed by atoms with E-state index in [0.29, 0.717) is 0 Å². The van der Waals surface area contributed by atoms with Crippen LogP contribution in [-0.2, 0) is 21.5 Å². The van der Waals surface area contributed by atoms with E-state index in [0.717, 1.165) is 6.42 Å².